The number of anilines is 1. The lowest BCUT2D eigenvalue weighted by molar-refractivity contribution is 0.100. The Hall–Kier alpha value is -2.49. The lowest BCUT2D eigenvalue weighted by atomic mass is 10.0. The van der Waals surface area contributed by atoms with Crippen molar-refractivity contribution in [2.24, 2.45) is 5.73 Å². The molecule has 0 unspecified atom stereocenters. The summed E-state index contributed by atoms with van der Waals surface area (Å²) in [6.07, 6.45) is 0. The standard InChI is InChI=1S/C16H18N2O2/c1-10(2)11-4-3-5-12(8-11)20-13-6-7-15(17)14(9-13)16(18)19/h3-10H,17H2,1-2H3,(H2,18,19). The fourth-order valence-corrected chi connectivity index (χ4v) is 1.89. The molecule has 0 aromatic heterocycles. The molecule has 4 nitrogen and oxygen atoms in total. The van der Waals surface area contributed by atoms with E-state index in [1.54, 1.807) is 18.2 Å². The van der Waals surface area contributed by atoms with E-state index in [9.17, 15) is 4.79 Å². The molecule has 4 N–H and O–H groups in total. The van der Waals surface area contributed by atoms with Gasteiger partial charge < -0.3 is 16.2 Å². The summed E-state index contributed by atoms with van der Waals surface area (Å²) in [7, 11) is 0. The topological polar surface area (TPSA) is 78.3 Å². The van der Waals surface area contributed by atoms with Crippen molar-refractivity contribution in [2.75, 3.05) is 5.73 Å². The van der Waals surface area contributed by atoms with E-state index in [4.69, 9.17) is 16.2 Å². The molecular weight excluding hydrogens is 252 g/mol. The summed E-state index contributed by atoms with van der Waals surface area (Å²) >= 11 is 0. The molecule has 0 aliphatic carbocycles. The van der Waals surface area contributed by atoms with E-state index >= 15 is 0 Å². The molecule has 2 rings (SSSR count). The Morgan fingerprint density at radius 2 is 1.80 bits per heavy atom. The predicted molar refractivity (Wildman–Crippen MR) is 80.0 cm³/mol. The minimum atomic E-state index is -0.566. The van der Waals surface area contributed by atoms with Crippen LogP contribution in [0.4, 0.5) is 5.69 Å². The van der Waals surface area contributed by atoms with Gasteiger partial charge in [-0.05, 0) is 41.8 Å². The van der Waals surface area contributed by atoms with E-state index in [0.717, 1.165) is 5.75 Å². The number of carbonyl (C=O) groups is 1. The second-order valence-electron chi connectivity index (χ2n) is 4.94. The summed E-state index contributed by atoms with van der Waals surface area (Å²) in [6.45, 7) is 4.24. The number of carbonyl (C=O) groups excluding carboxylic acids is 1. The number of nitrogens with two attached hydrogens (primary N) is 2. The van der Waals surface area contributed by atoms with Crippen molar-refractivity contribution in [1.29, 1.82) is 0 Å². The molecule has 0 radical (unpaired) electrons. The summed E-state index contributed by atoms with van der Waals surface area (Å²) < 4.78 is 5.75. The van der Waals surface area contributed by atoms with Crippen LogP contribution in [0, 0.1) is 0 Å². The van der Waals surface area contributed by atoms with Crippen molar-refractivity contribution in [2.45, 2.75) is 19.8 Å². The van der Waals surface area contributed by atoms with Gasteiger partial charge in [-0.2, -0.15) is 0 Å². The first-order chi connectivity index (χ1) is 9.47. The predicted octanol–water partition coefficient (Wildman–Crippen LogP) is 3.28. The zero-order valence-electron chi connectivity index (χ0n) is 11.6. The van der Waals surface area contributed by atoms with E-state index in [-0.39, 0.29) is 5.56 Å². The van der Waals surface area contributed by atoms with Crippen LogP contribution >= 0.6 is 0 Å². The molecule has 104 valence electrons. The average molecular weight is 270 g/mol. The normalized spacial score (nSPS) is 10.6. The summed E-state index contributed by atoms with van der Waals surface area (Å²) in [5, 5.41) is 0. The third-order valence-corrected chi connectivity index (χ3v) is 3.05. The lowest BCUT2D eigenvalue weighted by Crippen LogP contribution is -2.13. The molecule has 0 spiro atoms. The summed E-state index contributed by atoms with van der Waals surface area (Å²) in [5.41, 5.74) is 12.8. The van der Waals surface area contributed by atoms with Crippen LogP contribution in [0.2, 0.25) is 0 Å². The van der Waals surface area contributed by atoms with Crippen LogP contribution in [-0.2, 0) is 0 Å². The molecular formula is C16H18N2O2. The van der Waals surface area contributed by atoms with Crippen LogP contribution < -0.4 is 16.2 Å². The van der Waals surface area contributed by atoms with Crippen LogP contribution in [0.5, 0.6) is 11.5 Å². The van der Waals surface area contributed by atoms with Gasteiger partial charge in [0.05, 0.1) is 5.56 Å². The number of benzene rings is 2. The van der Waals surface area contributed by atoms with Gasteiger partial charge in [0.15, 0.2) is 0 Å². The summed E-state index contributed by atoms with van der Waals surface area (Å²) in [4.78, 5) is 11.3. The first-order valence-electron chi connectivity index (χ1n) is 6.44. The van der Waals surface area contributed by atoms with Gasteiger partial charge >= 0.3 is 0 Å². The zero-order valence-corrected chi connectivity index (χ0v) is 11.6. The highest BCUT2D eigenvalue weighted by Crippen LogP contribution is 2.27. The Kier molecular flexibility index (Phi) is 3.94. The molecule has 0 saturated carbocycles. The van der Waals surface area contributed by atoms with E-state index in [2.05, 4.69) is 19.9 Å². The lowest BCUT2D eigenvalue weighted by Gasteiger charge is -2.11. The van der Waals surface area contributed by atoms with Gasteiger partial charge in [-0.25, -0.2) is 0 Å². The van der Waals surface area contributed by atoms with Crippen LogP contribution in [-0.4, -0.2) is 5.91 Å². The highest BCUT2D eigenvalue weighted by Gasteiger charge is 2.08. The Morgan fingerprint density at radius 3 is 2.45 bits per heavy atom. The Balaban J connectivity index is 2.28. The smallest absolute Gasteiger partial charge is 0.250 e. The third-order valence-electron chi connectivity index (χ3n) is 3.05. The van der Waals surface area contributed by atoms with Crippen molar-refractivity contribution in [1.82, 2.24) is 0 Å². The van der Waals surface area contributed by atoms with Gasteiger partial charge in [-0.15, -0.1) is 0 Å². The Labute approximate surface area is 118 Å². The molecule has 0 saturated heterocycles. The fraction of sp³-hybridized carbons (Fsp3) is 0.188. The zero-order chi connectivity index (χ0) is 14.7. The van der Waals surface area contributed by atoms with E-state index in [1.807, 2.05) is 18.2 Å². The molecule has 2 aromatic rings. The summed E-state index contributed by atoms with van der Waals surface area (Å²) in [5.74, 6) is 1.11. The Bertz CT molecular complexity index is 636. The SMILES string of the molecule is CC(C)c1cccc(Oc2ccc(N)c(C(N)=O)c2)c1. The molecule has 0 aliphatic rings. The van der Waals surface area contributed by atoms with Crippen molar-refractivity contribution in [3.8, 4) is 11.5 Å². The highest BCUT2D eigenvalue weighted by atomic mass is 16.5. The first-order valence-corrected chi connectivity index (χ1v) is 6.44. The molecule has 0 bridgehead atoms. The van der Waals surface area contributed by atoms with Gasteiger partial charge in [0.1, 0.15) is 11.5 Å². The second-order valence-corrected chi connectivity index (χ2v) is 4.94. The van der Waals surface area contributed by atoms with Crippen molar-refractivity contribution in [3.05, 3.63) is 53.6 Å². The van der Waals surface area contributed by atoms with Gasteiger partial charge in [0, 0.05) is 5.69 Å². The molecule has 20 heavy (non-hydrogen) atoms. The number of ether oxygens (including phenoxy) is 1. The highest BCUT2D eigenvalue weighted by molar-refractivity contribution is 5.98. The minimum absolute atomic E-state index is 0.266. The number of primary amides is 1. The number of amides is 1. The van der Waals surface area contributed by atoms with E-state index < -0.39 is 5.91 Å². The van der Waals surface area contributed by atoms with E-state index in [1.165, 1.54) is 5.56 Å². The number of hydrogen-bond acceptors (Lipinski definition) is 3. The number of hydrogen-bond donors (Lipinski definition) is 2. The number of rotatable bonds is 4. The van der Waals surface area contributed by atoms with Gasteiger partial charge in [-0.3, -0.25) is 4.79 Å². The molecule has 4 heteroatoms. The maximum Gasteiger partial charge on any atom is 0.250 e. The van der Waals surface area contributed by atoms with Crippen molar-refractivity contribution >= 4 is 11.6 Å². The fourth-order valence-electron chi connectivity index (χ4n) is 1.89. The largest absolute Gasteiger partial charge is 0.457 e. The van der Waals surface area contributed by atoms with Crippen molar-refractivity contribution in [3.63, 3.8) is 0 Å². The molecule has 0 aliphatic heterocycles. The van der Waals surface area contributed by atoms with Crippen LogP contribution in [0.1, 0.15) is 35.7 Å². The quantitative estimate of drug-likeness (QED) is 0.837. The second kappa shape index (κ2) is 5.65. The minimum Gasteiger partial charge on any atom is -0.457 e. The summed E-state index contributed by atoms with van der Waals surface area (Å²) in [6, 6.07) is 12.7. The molecule has 0 atom stereocenters. The Morgan fingerprint density at radius 1 is 1.10 bits per heavy atom. The maximum absolute atomic E-state index is 11.3. The molecule has 1 amide bonds. The van der Waals surface area contributed by atoms with Gasteiger partial charge in [-0.1, -0.05) is 26.0 Å². The van der Waals surface area contributed by atoms with Gasteiger partial charge in [0.2, 0.25) is 0 Å². The first kappa shape index (κ1) is 13.9. The van der Waals surface area contributed by atoms with E-state index in [0.29, 0.717) is 17.4 Å². The monoisotopic (exact) mass is 270 g/mol. The number of nitrogen functional groups attached to an aromatic ring is 1. The molecule has 0 fully saturated rings. The van der Waals surface area contributed by atoms with Crippen LogP contribution in [0.25, 0.3) is 0 Å². The van der Waals surface area contributed by atoms with Crippen LogP contribution in [0.3, 0.4) is 0 Å². The van der Waals surface area contributed by atoms with Crippen molar-refractivity contribution < 1.29 is 9.53 Å². The van der Waals surface area contributed by atoms with Gasteiger partial charge in [0.25, 0.3) is 5.91 Å². The molecule has 2 aromatic carbocycles. The molecule has 0 heterocycles. The van der Waals surface area contributed by atoms with Crippen LogP contribution in [0.15, 0.2) is 42.5 Å². The average Bonchev–Trinajstić information content (AvgIpc) is 2.41. The third kappa shape index (κ3) is 3.09. The maximum atomic E-state index is 11.3.